The number of benzene rings is 1. The molecule has 3 rings (SSSR count). The molecular weight excluding hydrogens is 441 g/mol. The second-order valence-corrected chi connectivity index (χ2v) is 6.48. The fourth-order valence-corrected chi connectivity index (χ4v) is 3.09. The van der Waals surface area contributed by atoms with E-state index in [2.05, 4.69) is 39.8 Å². The van der Waals surface area contributed by atoms with Crippen LogP contribution >= 0.6 is 24.0 Å². The lowest BCUT2D eigenvalue weighted by atomic mass is 9.95. The van der Waals surface area contributed by atoms with Gasteiger partial charge < -0.3 is 15.4 Å². The highest BCUT2D eigenvalue weighted by Crippen LogP contribution is 2.50. The summed E-state index contributed by atoms with van der Waals surface area (Å²) < 4.78 is 7.40. The van der Waals surface area contributed by atoms with Crippen molar-refractivity contribution in [2.24, 2.45) is 12.0 Å². The number of aromatic nitrogens is 2. The van der Waals surface area contributed by atoms with Crippen molar-refractivity contribution in [2.45, 2.75) is 31.7 Å². The molecule has 1 aliphatic carbocycles. The molecule has 1 saturated carbocycles. The van der Waals surface area contributed by atoms with Crippen LogP contribution in [0.25, 0.3) is 0 Å². The summed E-state index contributed by atoms with van der Waals surface area (Å²) in [7, 11) is 3.67. The Bertz CT molecular complexity index is 739. The number of methoxy groups -OCH3 is 1. The van der Waals surface area contributed by atoms with Crippen LogP contribution in [0.1, 0.15) is 31.0 Å². The molecule has 7 heteroatoms. The average Bonchev–Trinajstić information content (AvgIpc) is 3.32. The number of halogens is 1. The van der Waals surface area contributed by atoms with Crippen molar-refractivity contribution < 1.29 is 4.74 Å². The number of ether oxygens (including phenoxy) is 1. The van der Waals surface area contributed by atoms with Crippen molar-refractivity contribution in [3.8, 4) is 5.75 Å². The molecule has 1 aliphatic rings. The zero-order valence-electron chi connectivity index (χ0n) is 15.7. The molecule has 0 atom stereocenters. The molecule has 0 unspecified atom stereocenters. The monoisotopic (exact) mass is 469 g/mol. The summed E-state index contributed by atoms with van der Waals surface area (Å²) in [5.74, 6) is 1.81. The van der Waals surface area contributed by atoms with E-state index in [1.165, 1.54) is 18.4 Å². The molecule has 2 N–H and O–H groups in total. The Morgan fingerprint density at radius 3 is 2.65 bits per heavy atom. The van der Waals surface area contributed by atoms with E-state index < -0.39 is 0 Å². The SMILES string of the molecule is CCNC(=NCc1ccnn1C)NCC1(c2ccccc2OC)CC1.I. The second-order valence-electron chi connectivity index (χ2n) is 6.48. The van der Waals surface area contributed by atoms with Crippen LogP contribution in [-0.2, 0) is 19.0 Å². The number of hydrogen-bond donors (Lipinski definition) is 2. The largest absolute Gasteiger partial charge is 0.496 e. The standard InChI is InChI=1S/C19H27N5O.HI/c1-4-20-18(21-13-15-9-12-23-24(15)2)22-14-19(10-11-19)16-7-5-6-8-17(16)25-3;/h5-9,12H,4,10-11,13-14H2,1-3H3,(H2,20,21,22);1H. The van der Waals surface area contributed by atoms with E-state index in [1.54, 1.807) is 13.3 Å². The molecule has 1 aromatic carbocycles. The lowest BCUT2D eigenvalue weighted by molar-refractivity contribution is 0.403. The Morgan fingerprint density at radius 2 is 2.04 bits per heavy atom. The number of aryl methyl sites for hydroxylation is 1. The van der Waals surface area contributed by atoms with Crippen LogP contribution < -0.4 is 15.4 Å². The van der Waals surface area contributed by atoms with Gasteiger partial charge in [-0.25, -0.2) is 4.99 Å². The fourth-order valence-electron chi connectivity index (χ4n) is 3.09. The summed E-state index contributed by atoms with van der Waals surface area (Å²) in [5.41, 5.74) is 2.52. The highest BCUT2D eigenvalue weighted by atomic mass is 127. The van der Waals surface area contributed by atoms with Crippen molar-refractivity contribution in [3.63, 3.8) is 0 Å². The van der Waals surface area contributed by atoms with Gasteiger partial charge >= 0.3 is 0 Å². The van der Waals surface area contributed by atoms with Crippen molar-refractivity contribution in [1.82, 2.24) is 20.4 Å². The van der Waals surface area contributed by atoms with Gasteiger partial charge in [0.25, 0.3) is 0 Å². The number of hydrogen-bond acceptors (Lipinski definition) is 3. The first-order valence-electron chi connectivity index (χ1n) is 8.81. The third-order valence-electron chi connectivity index (χ3n) is 4.79. The third-order valence-corrected chi connectivity index (χ3v) is 4.79. The molecule has 6 nitrogen and oxygen atoms in total. The van der Waals surface area contributed by atoms with Gasteiger partial charge in [-0.05, 0) is 31.9 Å². The molecule has 1 heterocycles. The first kappa shape index (κ1) is 20.5. The van der Waals surface area contributed by atoms with Gasteiger partial charge in [-0.1, -0.05) is 18.2 Å². The normalized spacial score (nSPS) is 15.1. The van der Waals surface area contributed by atoms with Crippen LogP contribution in [0.15, 0.2) is 41.5 Å². The number of nitrogens with one attached hydrogen (secondary N) is 2. The van der Waals surface area contributed by atoms with E-state index in [4.69, 9.17) is 4.74 Å². The Hall–Kier alpha value is -1.77. The van der Waals surface area contributed by atoms with Crippen LogP contribution in [0.5, 0.6) is 5.75 Å². The van der Waals surface area contributed by atoms with Crippen LogP contribution in [0, 0.1) is 0 Å². The van der Waals surface area contributed by atoms with Crippen LogP contribution in [0.2, 0.25) is 0 Å². The van der Waals surface area contributed by atoms with E-state index >= 15 is 0 Å². The Balaban J connectivity index is 0.00000243. The smallest absolute Gasteiger partial charge is 0.191 e. The minimum absolute atomic E-state index is 0. The van der Waals surface area contributed by atoms with Gasteiger partial charge in [0.2, 0.25) is 0 Å². The summed E-state index contributed by atoms with van der Waals surface area (Å²) in [4.78, 5) is 4.69. The van der Waals surface area contributed by atoms with Gasteiger partial charge in [0, 0.05) is 37.3 Å². The van der Waals surface area contributed by atoms with Crippen molar-refractivity contribution in [3.05, 3.63) is 47.8 Å². The number of guanidine groups is 1. The van der Waals surface area contributed by atoms with Crippen LogP contribution in [0.3, 0.4) is 0 Å². The third kappa shape index (κ3) is 4.69. The number of aliphatic imine (C=N–C) groups is 1. The number of nitrogens with zero attached hydrogens (tertiary/aromatic N) is 3. The van der Waals surface area contributed by atoms with Crippen molar-refractivity contribution >= 4 is 29.9 Å². The van der Waals surface area contributed by atoms with Gasteiger partial charge in [0.05, 0.1) is 19.3 Å². The first-order valence-corrected chi connectivity index (χ1v) is 8.81. The minimum atomic E-state index is 0. The van der Waals surface area contributed by atoms with Gasteiger partial charge in [-0.3, -0.25) is 4.68 Å². The summed E-state index contributed by atoms with van der Waals surface area (Å²) in [5, 5.41) is 11.0. The van der Waals surface area contributed by atoms with E-state index in [0.717, 1.165) is 30.5 Å². The summed E-state index contributed by atoms with van der Waals surface area (Å²) in [6.07, 6.45) is 4.13. The van der Waals surface area contributed by atoms with E-state index in [9.17, 15) is 0 Å². The fraction of sp³-hybridized carbons (Fsp3) is 0.474. The maximum Gasteiger partial charge on any atom is 0.191 e. The Morgan fingerprint density at radius 1 is 1.27 bits per heavy atom. The summed E-state index contributed by atoms with van der Waals surface area (Å²) >= 11 is 0. The van der Waals surface area contributed by atoms with E-state index in [-0.39, 0.29) is 29.4 Å². The van der Waals surface area contributed by atoms with E-state index in [0.29, 0.717) is 6.54 Å². The van der Waals surface area contributed by atoms with Crippen molar-refractivity contribution in [2.75, 3.05) is 20.2 Å². The lowest BCUT2D eigenvalue weighted by Crippen LogP contribution is -2.41. The average molecular weight is 469 g/mol. The highest BCUT2D eigenvalue weighted by molar-refractivity contribution is 14.0. The lowest BCUT2D eigenvalue weighted by Gasteiger charge is -2.21. The molecule has 0 amide bonds. The molecule has 0 saturated heterocycles. The molecule has 0 bridgehead atoms. The molecule has 0 aliphatic heterocycles. The predicted octanol–water partition coefficient (Wildman–Crippen LogP) is 2.83. The quantitative estimate of drug-likeness (QED) is 0.372. The maximum absolute atomic E-state index is 5.55. The maximum atomic E-state index is 5.55. The zero-order chi connectivity index (χ0) is 17.7. The molecule has 1 fully saturated rings. The number of para-hydroxylation sites is 1. The van der Waals surface area contributed by atoms with Crippen LogP contribution in [0.4, 0.5) is 0 Å². The van der Waals surface area contributed by atoms with Gasteiger partial charge in [0.1, 0.15) is 5.75 Å². The molecule has 142 valence electrons. The Labute approximate surface area is 172 Å². The summed E-state index contributed by atoms with van der Waals surface area (Å²) in [6, 6.07) is 10.3. The zero-order valence-corrected chi connectivity index (χ0v) is 18.0. The molecular formula is C19H28IN5O. The highest BCUT2D eigenvalue weighted by Gasteiger charge is 2.46. The minimum Gasteiger partial charge on any atom is -0.496 e. The second kappa shape index (κ2) is 9.25. The van der Waals surface area contributed by atoms with Crippen molar-refractivity contribution in [1.29, 1.82) is 0 Å². The predicted molar refractivity (Wildman–Crippen MR) is 115 cm³/mol. The first-order chi connectivity index (χ1) is 12.2. The molecule has 26 heavy (non-hydrogen) atoms. The molecule has 2 aromatic rings. The van der Waals surface area contributed by atoms with Gasteiger partial charge in [-0.2, -0.15) is 5.10 Å². The molecule has 0 radical (unpaired) electrons. The number of rotatable bonds is 7. The molecule has 1 aromatic heterocycles. The Kier molecular flexibility index (Phi) is 7.31. The van der Waals surface area contributed by atoms with Crippen LogP contribution in [-0.4, -0.2) is 35.9 Å². The summed E-state index contributed by atoms with van der Waals surface area (Å²) in [6.45, 7) is 4.37. The topological polar surface area (TPSA) is 63.5 Å². The van der Waals surface area contributed by atoms with Gasteiger partial charge in [0.15, 0.2) is 5.96 Å². The van der Waals surface area contributed by atoms with E-state index in [1.807, 2.05) is 29.9 Å². The van der Waals surface area contributed by atoms with Gasteiger partial charge in [-0.15, -0.1) is 24.0 Å². The molecule has 0 spiro atoms.